The van der Waals surface area contributed by atoms with Crippen LogP contribution in [0.15, 0.2) is 315 Å². The molecule has 2 nitrogen and oxygen atoms in total. The van der Waals surface area contributed by atoms with Gasteiger partial charge in [0.15, 0.2) is 0 Å². The van der Waals surface area contributed by atoms with E-state index in [4.69, 9.17) is 9.97 Å². The molecule has 0 saturated carbocycles. The quantitative estimate of drug-likeness (QED) is 0.122. The predicted octanol–water partition coefficient (Wildman–Crippen LogP) is 25.9. The fourth-order valence-corrected chi connectivity index (χ4v) is 19.8. The molecule has 0 fully saturated rings. The topological polar surface area (TPSA) is 25.8 Å². The summed E-state index contributed by atoms with van der Waals surface area (Å²) in [5.41, 5.74) is 23.8. The number of alkyl halides is 6. The molecule has 9 heteroatoms. The number of hydrogen-bond acceptors (Lipinski definition) is 3. The maximum Gasteiger partial charge on any atom is 0.417 e. The number of benzene rings is 15. The van der Waals surface area contributed by atoms with Crippen molar-refractivity contribution in [3.8, 4) is 110 Å². The largest absolute Gasteiger partial charge is 0.417 e. The first-order valence-corrected chi connectivity index (χ1v) is 35.2. The van der Waals surface area contributed by atoms with Gasteiger partial charge in [0.25, 0.3) is 0 Å². The lowest BCUT2D eigenvalue weighted by Crippen LogP contribution is -2.25. The van der Waals surface area contributed by atoms with Crippen LogP contribution in [0.4, 0.5) is 26.3 Å². The second-order valence-electron chi connectivity index (χ2n) is 27.3. The van der Waals surface area contributed by atoms with Crippen LogP contribution in [0.5, 0.6) is 0 Å². The van der Waals surface area contributed by atoms with E-state index in [0.29, 0.717) is 55.4 Å². The minimum absolute atomic E-state index is 0.0577. The summed E-state index contributed by atoms with van der Waals surface area (Å²) in [6, 6.07) is 104. The molecule has 0 bridgehead atoms. The summed E-state index contributed by atoms with van der Waals surface area (Å²) in [7, 11) is 0. The summed E-state index contributed by atoms with van der Waals surface area (Å²) < 4.78 is 90.6. The Morgan fingerprint density at radius 3 is 0.845 bits per heavy atom. The summed E-state index contributed by atoms with van der Waals surface area (Å²) in [5, 5.41) is 3.05. The molecule has 2 spiro atoms. The lowest BCUT2D eigenvalue weighted by atomic mass is 9.70. The molecule has 0 radical (unpaired) electrons. The Morgan fingerprint density at radius 2 is 0.495 bits per heavy atom. The van der Waals surface area contributed by atoms with Gasteiger partial charge < -0.3 is 0 Å². The number of fused-ring (bicyclic) bond motifs is 27. The number of nitrogens with zero attached hydrogens (tertiary/aromatic N) is 2. The molecular formula is C94H52F6N2S. The van der Waals surface area contributed by atoms with Gasteiger partial charge in [-0.3, -0.25) is 0 Å². The van der Waals surface area contributed by atoms with E-state index in [9.17, 15) is 0 Å². The first-order chi connectivity index (χ1) is 50.4. The smallest absolute Gasteiger partial charge is 0.242 e. The van der Waals surface area contributed by atoms with Gasteiger partial charge in [-0.1, -0.05) is 291 Å². The average Bonchev–Trinajstić information content (AvgIpc) is 1.51. The number of rotatable bonds is 6. The van der Waals surface area contributed by atoms with E-state index >= 15 is 26.3 Å². The monoisotopic (exact) mass is 1350 g/mol. The number of thiophene rings is 1. The molecule has 0 unspecified atom stereocenters. The first-order valence-electron chi connectivity index (χ1n) is 34.4. The highest BCUT2D eigenvalue weighted by Gasteiger charge is 2.54. The standard InChI is InChI=1S/C94H52F6N2S/c95-93(96,97)79-43-19-9-27-61(79)57-25-3-1-23-55(57)53-47-49-59-60-50-48-54(56-24-2-4-26-58(56)62-28-10-20-44-80(62)94(98,99)100)52-72(60)86-85(71(59)51-53)101-87-88(102-86)90(70-36-22-46-82-84(70)68-34-12-18-42-78(68)92(82)75-39-15-7-31-65(75)66-32-8-16-40-76(66)92)103-89(87)69-35-21-45-81-83(69)67-33-11-17-41-77(67)91(81)73-37-13-5-29-63(73)64-30-6-14-38-74(64)91/h1-52H. The average molecular weight is 1360 g/mol. The molecule has 4 aliphatic carbocycles. The van der Waals surface area contributed by atoms with Crippen LogP contribution in [-0.2, 0) is 23.2 Å². The number of hydrogen-bond donors (Lipinski definition) is 0. The van der Waals surface area contributed by atoms with E-state index in [1.165, 1.54) is 79.9 Å². The summed E-state index contributed by atoms with van der Waals surface area (Å²) in [6.45, 7) is 0. The molecule has 0 aliphatic heterocycles. The van der Waals surface area contributed by atoms with Crippen LogP contribution in [-0.4, -0.2) is 9.97 Å². The first kappa shape index (κ1) is 59.6. The Morgan fingerprint density at radius 1 is 0.223 bits per heavy atom. The van der Waals surface area contributed by atoms with Crippen molar-refractivity contribution in [2.45, 2.75) is 23.2 Å². The van der Waals surface area contributed by atoms with Gasteiger partial charge >= 0.3 is 12.4 Å². The van der Waals surface area contributed by atoms with Gasteiger partial charge in [-0.05, 0) is 169 Å². The van der Waals surface area contributed by atoms with Gasteiger partial charge in [-0.2, -0.15) is 26.3 Å². The Hall–Kier alpha value is -12.3. The minimum atomic E-state index is -4.63. The van der Waals surface area contributed by atoms with Crippen LogP contribution in [0.2, 0.25) is 0 Å². The van der Waals surface area contributed by atoms with Gasteiger partial charge in [0, 0.05) is 21.9 Å². The van der Waals surface area contributed by atoms with Crippen molar-refractivity contribution < 1.29 is 26.3 Å². The van der Waals surface area contributed by atoms with Crippen molar-refractivity contribution >= 4 is 54.9 Å². The second-order valence-corrected chi connectivity index (χ2v) is 28.3. The van der Waals surface area contributed by atoms with Gasteiger partial charge in [-0.25, -0.2) is 9.97 Å². The molecule has 2 aromatic heterocycles. The molecule has 103 heavy (non-hydrogen) atoms. The molecule has 15 aromatic carbocycles. The Balaban J connectivity index is 0.900. The molecule has 21 rings (SSSR count). The maximum absolute atomic E-state index is 15.1. The highest BCUT2D eigenvalue weighted by atomic mass is 32.1. The lowest BCUT2D eigenvalue weighted by molar-refractivity contribution is -0.137. The van der Waals surface area contributed by atoms with Crippen molar-refractivity contribution in [3.05, 3.63) is 371 Å². The summed E-state index contributed by atoms with van der Waals surface area (Å²) in [5.74, 6) is 0. The summed E-state index contributed by atoms with van der Waals surface area (Å²) >= 11 is 1.68. The maximum atomic E-state index is 15.1. The molecule has 0 N–H and O–H groups in total. The van der Waals surface area contributed by atoms with Crippen LogP contribution in [0, 0.1) is 0 Å². The molecule has 486 valence electrons. The van der Waals surface area contributed by atoms with Crippen molar-refractivity contribution in [1.82, 2.24) is 9.97 Å². The Kier molecular flexibility index (Phi) is 12.5. The van der Waals surface area contributed by atoms with E-state index in [1.807, 2.05) is 60.7 Å². The SMILES string of the molecule is FC(F)(F)c1ccccc1-c1ccccc1-c1ccc2c3ccc(-c4ccccc4-c4ccccc4C(F)(F)F)cc3c3nc4c(-c5cccc6c5-c5ccccc5C65c6ccccc6-c6ccccc65)sc(-c5cccc6c5-c5ccccc5C65c6ccccc6-c6ccccc65)c4nc3c2c1. The van der Waals surface area contributed by atoms with Gasteiger partial charge in [0.2, 0.25) is 0 Å². The highest BCUT2D eigenvalue weighted by Crippen LogP contribution is 2.67. The Labute approximate surface area is 591 Å². The lowest BCUT2D eigenvalue weighted by Gasteiger charge is -2.30. The van der Waals surface area contributed by atoms with E-state index < -0.39 is 34.3 Å². The fraction of sp³-hybridized carbons (Fsp3) is 0.0426. The zero-order valence-electron chi connectivity index (χ0n) is 54.6. The summed E-state index contributed by atoms with van der Waals surface area (Å²) in [6.07, 6.45) is -9.26. The third kappa shape index (κ3) is 8.11. The van der Waals surface area contributed by atoms with Crippen LogP contribution >= 0.6 is 11.3 Å². The summed E-state index contributed by atoms with van der Waals surface area (Å²) in [4.78, 5) is 14.1. The van der Waals surface area contributed by atoms with E-state index in [0.717, 1.165) is 87.9 Å². The zero-order chi connectivity index (χ0) is 68.8. The van der Waals surface area contributed by atoms with Crippen molar-refractivity contribution in [2.24, 2.45) is 0 Å². The molecule has 0 amide bonds. The van der Waals surface area contributed by atoms with Gasteiger partial charge in [0.1, 0.15) is 11.0 Å². The van der Waals surface area contributed by atoms with Crippen molar-refractivity contribution in [1.29, 1.82) is 0 Å². The van der Waals surface area contributed by atoms with Crippen LogP contribution < -0.4 is 0 Å². The predicted molar refractivity (Wildman–Crippen MR) is 405 cm³/mol. The van der Waals surface area contributed by atoms with Gasteiger partial charge in [-0.15, -0.1) is 11.3 Å². The molecule has 0 atom stereocenters. The van der Waals surface area contributed by atoms with Crippen LogP contribution in [0.1, 0.15) is 55.6 Å². The minimum Gasteiger partial charge on any atom is -0.242 e. The highest BCUT2D eigenvalue weighted by molar-refractivity contribution is 7.21. The van der Waals surface area contributed by atoms with Crippen molar-refractivity contribution in [2.75, 3.05) is 0 Å². The third-order valence-corrected chi connectivity index (χ3v) is 23.7. The second kappa shape index (κ2) is 21.6. The fourth-order valence-electron chi connectivity index (χ4n) is 18.5. The van der Waals surface area contributed by atoms with Gasteiger partial charge in [0.05, 0.1) is 42.7 Å². The normalized spacial score (nSPS) is 13.9. The zero-order valence-corrected chi connectivity index (χ0v) is 55.4. The van der Waals surface area contributed by atoms with E-state index in [2.05, 4.69) is 182 Å². The van der Waals surface area contributed by atoms with Crippen LogP contribution in [0.3, 0.4) is 0 Å². The third-order valence-electron chi connectivity index (χ3n) is 22.4. The molecular weight excluding hydrogens is 1300 g/mol. The van der Waals surface area contributed by atoms with E-state index in [1.54, 1.807) is 47.7 Å². The molecule has 0 saturated heterocycles. The number of aromatic nitrogens is 2. The molecule has 17 aromatic rings. The molecule has 2 heterocycles. The van der Waals surface area contributed by atoms with E-state index in [-0.39, 0.29) is 11.1 Å². The Bertz CT molecular complexity index is 6090. The van der Waals surface area contributed by atoms with Crippen molar-refractivity contribution in [3.63, 3.8) is 0 Å². The van der Waals surface area contributed by atoms with Crippen LogP contribution in [0.25, 0.3) is 154 Å². The molecule has 4 aliphatic rings. The number of halogens is 6.